The second kappa shape index (κ2) is 8.32. The largest absolute Gasteiger partial charge is 0.464 e. The number of hydrogen-bond donors (Lipinski definition) is 2. The third-order valence-corrected chi connectivity index (χ3v) is 8.67. The van der Waals surface area contributed by atoms with E-state index in [9.17, 15) is 19.5 Å². The molecule has 200 valence electrons. The summed E-state index contributed by atoms with van der Waals surface area (Å²) in [7, 11) is 0. The number of cyclic esters (lactones) is 1. The Bertz CT molecular complexity index is 1170. The van der Waals surface area contributed by atoms with Gasteiger partial charge in [-0.1, -0.05) is 55.3 Å². The molecule has 0 radical (unpaired) electrons. The number of benzene rings is 1. The van der Waals surface area contributed by atoms with Gasteiger partial charge in [-0.05, 0) is 57.9 Å². The molecule has 1 aromatic rings. The van der Waals surface area contributed by atoms with Gasteiger partial charge in [-0.25, -0.2) is 9.59 Å². The Labute approximate surface area is 217 Å². The lowest BCUT2D eigenvalue weighted by atomic mass is 9.71. The summed E-state index contributed by atoms with van der Waals surface area (Å²) in [6, 6.07) is 7.69. The molecule has 1 heterocycles. The SMILES string of the molecule is CC1=C2CC(C)(C)C[C@H]2[C@H](OC(=O)[C@H](O)[C@@H](NC(=O)OC(C)(C)C)c2ccccc2)[C@@]23COC(=O)[C@@]12C3. The summed E-state index contributed by atoms with van der Waals surface area (Å²) in [4.78, 5) is 39.1. The monoisotopic (exact) mass is 511 g/mol. The normalized spacial score (nSPS) is 32.9. The van der Waals surface area contributed by atoms with E-state index >= 15 is 0 Å². The molecule has 4 aliphatic rings. The first kappa shape index (κ1) is 25.8. The Morgan fingerprint density at radius 3 is 2.51 bits per heavy atom. The van der Waals surface area contributed by atoms with Gasteiger partial charge in [0.25, 0.3) is 0 Å². The van der Waals surface area contributed by atoms with Crippen LogP contribution in [0.15, 0.2) is 41.5 Å². The number of aliphatic hydroxyl groups excluding tert-OH is 1. The van der Waals surface area contributed by atoms with Crippen LogP contribution in [0.5, 0.6) is 0 Å². The number of aliphatic hydroxyl groups is 1. The number of carbonyl (C=O) groups is 3. The van der Waals surface area contributed by atoms with Crippen molar-refractivity contribution in [2.75, 3.05) is 6.61 Å². The van der Waals surface area contributed by atoms with E-state index < -0.39 is 46.7 Å². The van der Waals surface area contributed by atoms with Gasteiger partial charge < -0.3 is 24.6 Å². The Morgan fingerprint density at radius 1 is 1.19 bits per heavy atom. The summed E-state index contributed by atoms with van der Waals surface area (Å²) < 4.78 is 17.0. The summed E-state index contributed by atoms with van der Waals surface area (Å²) in [6.07, 6.45) is -0.770. The maximum absolute atomic E-state index is 13.5. The summed E-state index contributed by atoms with van der Waals surface area (Å²) in [6.45, 7) is 11.8. The molecule has 37 heavy (non-hydrogen) atoms. The van der Waals surface area contributed by atoms with Crippen LogP contribution in [-0.4, -0.2) is 47.6 Å². The third kappa shape index (κ3) is 4.04. The average molecular weight is 512 g/mol. The molecule has 0 unspecified atom stereocenters. The van der Waals surface area contributed by atoms with Gasteiger partial charge in [-0.2, -0.15) is 0 Å². The summed E-state index contributed by atoms with van der Waals surface area (Å²) in [5, 5.41) is 13.9. The number of nitrogens with one attached hydrogen (secondary N) is 1. The fraction of sp³-hybridized carbons (Fsp3) is 0.621. The molecule has 3 aliphatic carbocycles. The van der Waals surface area contributed by atoms with Crippen molar-refractivity contribution >= 4 is 18.0 Å². The molecule has 6 atom stereocenters. The smallest absolute Gasteiger partial charge is 0.408 e. The predicted octanol–water partition coefficient (Wildman–Crippen LogP) is 4.22. The Hall–Kier alpha value is -2.87. The number of carbonyl (C=O) groups excluding carboxylic acids is 3. The minimum absolute atomic E-state index is 0.0115. The standard InChI is InChI=1S/C29H37NO7/c1-16-18-12-27(5,6)13-19(18)22(28-14-29(16,28)24(33)35-15-28)36-23(32)21(31)20(17-10-8-7-9-11-17)30-25(34)37-26(2,3)4/h7-11,19-22,31H,12-15H2,1-6H3,(H,30,34)/t19-,20+,21-,22+,28-,29-/m1/s1. The molecule has 2 saturated carbocycles. The number of esters is 2. The van der Waals surface area contributed by atoms with Gasteiger partial charge in [0.1, 0.15) is 23.7 Å². The topological polar surface area (TPSA) is 111 Å². The molecule has 0 aromatic heterocycles. The van der Waals surface area contributed by atoms with Crippen LogP contribution in [0.2, 0.25) is 0 Å². The van der Waals surface area contributed by atoms with E-state index in [0.717, 1.165) is 18.4 Å². The maximum atomic E-state index is 13.5. The molecule has 1 aliphatic heterocycles. The zero-order valence-electron chi connectivity index (χ0n) is 22.4. The van der Waals surface area contributed by atoms with Gasteiger partial charge in [0.05, 0.1) is 11.5 Å². The molecule has 0 bridgehead atoms. The van der Waals surface area contributed by atoms with E-state index in [4.69, 9.17) is 14.2 Å². The molecule has 5 rings (SSSR count). The van der Waals surface area contributed by atoms with E-state index in [1.54, 1.807) is 45.0 Å². The van der Waals surface area contributed by atoms with Crippen molar-refractivity contribution in [2.45, 2.75) is 84.7 Å². The van der Waals surface area contributed by atoms with Crippen LogP contribution in [0.25, 0.3) is 0 Å². The number of amides is 1. The lowest BCUT2D eigenvalue weighted by Crippen LogP contribution is -2.47. The Morgan fingerprint density at radius 2 is 1.86 bits per heavy atom. The van der Waals surface area contributed by atoms with Gasteiger partial charge in [-0.15, -0.1) is 0 Å². The molecule has 1 aromatic carbocycles. The summed E-state index contributed by atoms with van der Waals surface area (Å²) in [5.74, 6) is -1.12. The van der Waals surface area contributed by atoms with Crippen LogP contribution in [0.4, 0.5) is 4.79 Å². The third-order valence-electron chi connectivity index (χ3n) is 8.67. The fourth-order valence-electron chi connectivity index (χ4n) is 7.04. The molecule has 0 spiro atoms. The molecule has 1 saturated heterocycles. The molecule has 2 N–H and O–H groups in total. The number of rotatable bonds is 5. The highest BCUT2D eigenvalue weighted by molar-refractivity contribution is 5.90. The highest BCUT2D eigenvalue weighted by Crippen LogP contribution is 2.79. The van der Waals surface area contributed by atoms with E-state index in [1.165, 1.54) is 5.57 Å². The first-order chi connectivity index (χ1) is 17.2. The highest BCUT2D eigenvalue weighted by atomic mass is 16.6. The first-order valence-electron chi connectivity index (χ1n) is 13.0. The van der Waals surface area contributed by atoms with Crippen molar-refractivity contribution in [1.82, 2.24) is 5.32 Å². The average Bonchev–Trinajstić information content (AvgIpc) is 3.29. The zero-order chi connectivity index (χ0) is 27.0. The quantitative estimate of drug-likeness (QED) is 0.346. The molecule has 8 nitrogen and oxygen atoms in total. The van der Waals surface area contributed by atoms with Crippen LogP contribution < -0.4 is 5.32 Å². The van der Waals surface area contributed by atoms with Crippen LogP contribution in [0.3, 0.4) is 0 Å². The minimum Gasteiger partial charge on any atom is -0.464 e. The van der Waals surface area contributed by atoms with Gasteiger partial charge in [0.2, 0.25) is 0 Å². The van der Waals surface area contributed by atoms with Crippen molar-refractivity contribution in [1.29, 1.82) is 0 Å². The summed E-state index contributed by atoms with van der Waals surface area (Å²) >= 11 is 0. The van der Waals surface area contributed by atoms with E-state index in [-0.39, 0.29) is 23.9 Å². The van der Waals surface area contributed by atoms with Gasteiger partial charge >= 0.3 is 18.0 Å². The molecular weight excluding hydrogens is 474 g/mol. The van der Waals surface area contributed by atoms with Crippen LogP contribution in [0.1, 0.15) is 72.4 Å². The Kier molecular flexibility index (Phi) is 5.79. The van der Waals surface area contributed by atoms with Crippen molar-refractivity contribution in [3.63, 3.8) is 0 Å². The van der Waals surface area contributed by atoms with Crippen LogP contribution in [-0.2, 0) is 23.8 Å². The molecule has 1 amide bonds. The highest BCUT2D eigenvalue weighted by Gasteiger charge is 2.85. The lowest BCUT2D eigenvalue weighted by molar-refractivity contribution is -0.169. The second-order valence-electron chi connectivity index (χ2n) is 13.0. The minimum atomic E-state index is -1.68. The summed E-state index contributed by atoms with van der Waals surface area (Å²) in [5.41, 5.74) is 0.721. The zero-order valence-corrected chi connectivity index (χ0v) is 22.4. The number of alkyl carbamates (subject to hydrolysis) is 1. The van der Waals surface area contributed by atoms with E-state index in [1.807, 2.05) is 13.0 Å². The maximum Gasteiger partial charge on any atom is 0.408 e. The van der Waals surface area contributed by atoms with Crippen molar-refractivity contribution in [2.24, 2.45) is 22.2 Å². The number of ether oxygens (including phenoxy) is 3. The number of fused-ring (bicyclic) bond motifs is 1. The number of hydrogen-bond acceptors (Lipinski definition) is 7. The first-order valence-corrected chi connectivity index (χ1v) is 13.0. The van der Waals surface area contributed by atoms with Crippen molar-refractivity contribution in [3.05, 3.63) is 47.0 Å². The van der Waals surface area contributed by atoms with Gasteiger partial charge in [0.15, 0.2) is 6.10 Å². The van der Waals surface area contributed by atoms with Crippen molar-refractivity contribution in [3.8, 4) is 0 Å². The Balaban J connectivity index is 1.43. The van der Waals surface area contributed by atoms with E-state index in [2.05, 4.69) is 19.2 Å². The lowest BCUT2D eigenvalue weighted by Gasteiger charge is -2.37. The van der Waals surface area contributed by atoms with E-state index in [0.29, 0.717) is 12.0 Å². The van der Waals surface area contributed by atoms with Crippen molar-refractivity contribution < 1.29 is 33.7 Å². The van der Waals surface area contributed by atoms with Crippen LogP contribution >= 0.6 is 0 Å². The molecule has 3 fully saturated rings. The second-order valence-corrected chi connectivity index (χ2v) is 13.0. The van der Waals surface area contributed by atoms with Gasteiger partial charge in [-0.3, -0.25) is 4.79 Å². The molecular formula is C29H37NO7. The van der Waals surface area contributed by atoms with Gasteiger partial charge in [0, 0.05) is 5.92 Å². The van der Waals surface area contributed by atoms with Crippen LogP contribution in [0, 0.1) is 22.2 Å². The predicted molar refractivity (Wildman–Crippen MR) is 134 cm³/mol. The molecule has 8 heteroatoms. The fourth-order valence-corrected chi connectivity index (χ4v) is 7.04.